The van der Waals surface area contributed by atoms with Gasteiger partial charge < -0.3 is 19.7 Å². The SMILES string of the molecule is COc1cccc(OC)c1C(=O)N1CCC(C(=O)Nc2ccc(Cl)cc2C)CC1. The molecule has 2 amide bonds. The number of piperidine rings is 1. The number of likely N-dealkylation sites (tertiary alicyclic amines) is 1. The number of hydrogen-bond acceptors (Lipinski definition) is 4. The average Bonchev–Trinajstić information content (AvgIpc) is 2.74. The Morgan fingerprint density at radius 3 is 2.24 bits per heavy atom. The molecule has 1 fully saturated rings. The van der Waals surface area contributed by atoms with Crippen molar-refractivity contribution < 1.29 is 19.1 Å². The van der Waals surface area contributed by atoms with E-state index < -0.39 is 0 Å². The minimum Gasteiger partial charge on any atom is -0.496 e. The summed E-state index contributed by atoms with van der Waals surface area (Å²) < 4.78 is 10.7. The molecule has 0 aromatic heterocycles. The molecule has 154 valence electrons. The lowest BCUT2D eigenvalue weighted by atomic mass is 9.95. The third-order valence-corrected chi connectivity index (χ3v) is 5.48. The van der Waals surface area contributed by atoms with E-state index in [1.54, 1.807) is 29.2 Å². The number of ether oxygens (including phenoxy) is 2. The molecule has 1 saturated heterocycles. The van der Waals surface area contributed by atoms with Gasteiger partial charge in [0, 0.05) is 29.7 Å². The molecule has 1 N–H and O–H groups in total. The van der Waals surface area contributed by atoms with Crippen LogP contribution < -0.4 is 14.8 Å². The maximum absolute atomic E-state index is 13.1. The van der Waals surface area contributed by atoms with Crippen molar-refractivity contribution >= 4 is 29.1 Å². The van der Waals surface area contributed by atoms with Crippen molar-refractivity contribution in [3.05, 3.63) is 52.5 Å². The summed E-state index contributed by atoms with van der Waals surface area (Å²) >= 11 is 5.97. The summed E-state index contributed by atoms with van der Waals surface area (Å²) in [5.41, 5.74) is 2.09. The van der Waals surface area contributed by atoms with Gasteiger partial charge in [0.15, 0.2) is 0 Å². The largest absolute Gasteiger partial charge is 0.496 e. The second-order valence-corrected chi connectivity index (χ2v) is 7.49. The first kappa shape index (κ1) is 21.0. The second kappa shape index (κ2) is 9.18. The van der Waals surface area contributed by atoms with E-state index in [9.17, 15) is 9.59 Å². The van der Waals surface area contributed by atoms with Crippen LogP contribution in [0.25, 0.3) is 0 Å². The minimum atomic E-state index is -0.147. The van der Waals surface area contributed by atoms with Crippen LogP contribution in [0.15, 0.2) is 36.4 Å². The number of halogens is 1. The molecule has 3 rings (SSSR count). The molecule has 0 unspecified atom stereocenters. The van der Waals surface area contributed by atoms with Crippen LogP contribution in [0.2, 0.25) is 5.02 Å². The fourth-order valence-electron chi connectivity index (χ4n) is 3.57. The zero-order valence-corrected chi connectivity index (χ0v) is 17.6. The van der Waals surface area contributed by atoms with Crippen LogP contribution in [0.4, 0.5) is 5.69 Å². The van der Waals surface area contributed by atoms with Crippen molar-refractivity contribution in [1.29, 1.82) is 0 Å². The van der Waals surface area contributed by atoms with Gasteiger partial charge in [0.25, 0.3) is 5.91 Å². The molecular weight excluding hydrogens is 392 g/mol. The molecule has 1 aliphatic heterocycles. The fourth-order valence-corrected chi connectivity index (χ4v) is 3.79. The predicted octanol–water partition coefficient (Wildman–Crippen LogP) is 4.16. The Morgan fingerprint density at radius 2 is 1.69 bits per heavy atom. The van der Waals surface area contributed by atoms with E-state index in [2.05, 4.69) is 5.32 Å². The Kier molecular flexibility index (Phi) is 6.64. The number of nitrogens with one attached hydrogen (secondary N) is 1. The van der Waals surface area contributed by atoms with Crippen LogP contribution in [0.1, 0.15) is 28.8 Å². The maximum atomic E-state index is 13.1. The Labute approximate surface area is 175 Å². The molecule has 0 spiro atoms. The standard InChI is InChI=1S/C22H25ClN2O4/c1-14-13-16(23)7-8-17(14)24-21(26)15-9-11-25(12-10-15)22(27)20-18(28-2)5-4-6-19(20)29-3/h4-8,13,15H,9-12H2,1-3H3,(H,24,26). The zero-order chi connectivity index (χ0) is 21.0. The number of carbonyl (C=O) groups is 2. The second-order valence-electron chi connectivity index (χ2n) is 7.05. The topological polar surface area (TPSA) is 67.9 Å². The van der Waals surface area contributed by atoms with Gasteiger partial charge in [0.1, 0.15) is 17.1 Å². The van der Waals surface area contributed by atoms with Gasteiger partial charge in [-0.25, -0.2) is 0 Å². The maximum Gasteiger partial charge on any atom is 0.261 e. The van der Waals surface area contributed by atoms with Crippen molar-refractivity contribution in [2.75, 3.05) is 32.6 Å². The number of methoxy groups -OCH3 is 2. The van der Waals surface area contributed by atoms with Gasteiger partial charge in [-0.15, -0.1) is 0 Å². The molecule has 0 atom stereocenters. The number of benzene rings is 2. The highest BCUT2D eigenvalue weighted by Crippen LogP contribution is 2.31. The first-order valence-electron chi connectivity index (χ1n) is 9.52. The first-order chi connectivity index (χ1) is 13.9. The molecule has 29 heavy (non-hydrogen) atoms. The van der Waals surface area contributed by atoms with Gasteiger partial charge in [-0.1, -0.05) is 17.7 Å². The van der Waals surface area contributed by atoms with Gasteiger partial charge in [-0.2, -0.15) is 0 Å². The summed E-state index contributed by atoms with van der Waals surface area (Å²) in [6, 6.07) is 10.6. The third kappa shape index (κ3) is 4.65. The lowest BCUT2D eigenvalue weighted by Crippen LogP contribution is -2.41. The molecule has 2 aromatic carbocycles. The minimum absolute atomic E-state index is 0.0302. The van der Waals surface area contributed by atoms with Crippen molar-refractivity contribution in [2.45, 2.75) is 19.8 Å². The highest BCUT2D eigenvalue weighted by molar-refractivity contribution is 6.30. The third-order valence-electron chi connectivity index (χ3n) is 5.24. The number of anilines is 1. The van der Waals surface area contributed by atoms with Gasteiger partial charge in [-0.3, -0.25) is 9.59 Å². The van der Waals surface area contributed by atoms with E-state index in [1.807, 2.05) is 19.1 Å². The first-order valence-corrected chi connectivity index (χ1v) is 9.89. The molecule has 1 aliphatic rings. The molecule has 6 nitrogen and oxygen atoms in total. The molecule has 2 aromatic rings. The monoisotopic (exact) mass is 416 g/mol. The van der Waals surface area contributed by atoms with Crippen LogP contribution in [-0.2, 0) is 4.79 Å². The van der Waals surface area contributed by atoms with E-state index in [0.717, 1.165) is 11.3 Å². The molecule has 7 heteroatoms. The van der Waals surface area contributed by atoms with Gasteiger partial charge in [0.05, 0.1) is 14.2 Å². The molecular formula is C22H25ClN2O4. The van der Waals surface area contributed by atoms with Crippen LogP contribution in [0, 0.1) is 12.8 Å². The average molecular weight is 417 g/mol. The molecule has 0 aliphatic carbocycles. The summed E-state index contributed by atoms with van der Waals surface area (Å²) in [6.45, 7) is 2.90. The molecule has 0 saturated carbocycles. The number of aryl methyl sites for hydroxylation is 1. The number of carbonyl (C=O) groups excluding carboxylic acids is 2. The summed E-state index contributed by atoms with van der Waals surface area (Å²) in [5, 5.41) is 3.62. The van der Waals surface area contributed by atoms with Crippen molar-refractivity contribution in [1.82, 2.24) is 4.90 Å². The smallest absolute Gasteiger partial charge is 0.261 e. The van der Waals surface area contributed by atoms with Gasteiger partial charge >= 0.3 is 0 Å². The number of hydrogen-bond donors (Lipinski definition) is 1. The predicted molar refractivity (Wildman–Crippen MR) is 113 cm³/mol. The Morgan fingerprint density at radius 1 is 1.07 bits per heavy atom. The fraction of sp³-hybridized carbons (Fsp3) is 0.364. The summed E-state index contributed by atoms with van der Waals surface area (Å²) in [7, 11) is 3.06. The van der Waals surface area contributed by atoms with E-state index in [0.29, 0.717) is 48.0 Å². The highest BCUT2D eigenvalue weighted by Gasteiger charge is 2.30. The summed E-state index contributed by atoms with van der Waals surface area (Å²) in [4.78, 5) is 27.5. The Bertz CT molecular complexity index is 885. The van der Waals surface area contributed by atoms with Crippen molar-refractivity contribution in [3.8, 4) is 11.5 Å². The number of rotatable bonds is 5. The van der Waals surface area contributed by atoms with E-state index in [-0.39, 0.29) is 17.7 Å². The van der Waals surface area contributed by atoms with Crippen LogP contribution >= 0.6 is 11.6 Å². The van der Waals surface area contributed by atoms with E-state index in [4.69, 9.17) is 21.1 Å². The number of nitrogens with zero attached hydrogens (tertiary/aromatic N) is 1. The molecule has 0 radical (unpaired) electrons. The van der Waals surface area contributed by atoms with Gasteiger partial charge in [0.2, 0.25) is 5.91 Å². The number of amides is 2. The lowest BCUT2D eigenvalue weighted by molar-refractivity contribution is -0.121. The van der Waals surface area contributed by atoms with Crippen LogP contribution in [0.3, 0.4) is 0 Å². The van der Waals surface area contributed by atoms with Gasteiger partial charge in [-0.05, 0) is 55.7 Å². The summed E-state index contributed by atoms with van der Waals surface area (Å²) in [6.07, 6.45) is 1.20. The van der Waals surface area contributed by atoms with Crippen LogP contribution in [0.5, 0.6) is 11.5 Å². The Balaban J connectivity index is 1.65. The van der Waals surface area contributed by atoms with E-state index in [1.165, 1.54) is 14.2 Å². The van der Waals surface area contributed by atoms with E-state index >= 15 is 0 Å². The quantitative estimate of drug-likeness (QED) is 0.794. The Hall–Kier alpha value is -2.73. The highest BCUT2D eigenvalue weighted by atomic mass is 35.5. The molecule has 1 heterocycles. The normalized spacial score (nSPS) is 14.4. The van der Waals surface area contributed by atoms with Crippen LogP contribution in [-0.4, -0.2) is 44.0 Å². The summed E-state index contributed by atoms with van der Waals surface area (Å²) in [5.74, 6) is 0.637. The molecule has 0 bridgehead atoms. The van der Waals surface area contributed by atoms with Crippen molar-refractivity contribution in [2.24, 2.45) is 5.92 Å². The lowest BCUT2D eigenvalue weighted by Gasteiger charge is -2.32. The van der Waals surface area contributed by atoms with Crippen molar-refractivity contribution in [3.63, 3.8) is 0 Å². The zero-order valence-electron chi connectivity index (χ0n) is 16.8.